The lowest BCUT2D eigenvalue weighted by atomic mass is 9.89. The number of carbonyl (C=O) groups excluding carboxylic acids is 4. The molecular formula is C51H61N3O12. The molecule has 0 radical (unpaired) electrons. The Morgan fingerprint density at radius 2 is 1.08 bits per heavy atom. The van der Waals surface area contributed by atoms with E-state index in [0.717, 1.165) is 32.7 Å². The molecule has 0 saturated carbocycles. The van der Waals surface area contributed by atoms with Crippen LogP contribution < -0.4 is 34.9 Å². The number of fused-ring (bicyclic) bond motifs is 8. The van der Waals surface area contributed by atoms with Crippen molar-refractivity contribution in [2.45, 2.75) is 77.6 Å². The monoisotopic (exact) mass is 907 g/mol. The van der Waals surface area contributed by atoms with E-state index in [0.29, 0.717) is 35.2 Å². The molecule has 15 heteroatoms. The minimum Gasteiger partial charge on any atom is -0.491 e. The van der Waals surface area contributed by atoms with Crippen LogP contribution in [0, 0.1) is 0 Å². The third-order valence-electron chi connectivity index (χ3n) is 10.7. The van der Waals surface area contributed by atoms with Gasteiger partial charge in [-0.05, 0) is 99.8 Å². The van der Waals surface area contributed by atoms with Crippen LogP contribution in [0.3, 0.4) is 0 Å². The topological polar surface area (TPSA) is 178 Å². The number of methoxy groups -OCH3 is 1. The van der Waals surface area contributed by atoms with Crippen molar-refractivity contribution in [2.75, 3.05) is 60.0 Å². The first kappa shape index (κ1) is 48.9. The number of benzene rings is 5. The molecule has 2 atom stereocenters. The smallest absolute Gasteiger partial charge is 0.408 e. The summed E-state index contributed by atoms with van der Waals surface area (Å²) in [6, 6.07) is 28.6. The van der Waals surface area contributed by atoms with Gasteiger partial charge in [0.15, 0.2) is 11.5 Å². The van der Waals surface area contributed by atoms with Crippen molar-refractivity contribution < 1.29 is 57.1 Å². The first-order valence-corrected chi connectivity index (χ1v) is 22.0. The summed E-state index contributed by atoms with van der Waals surface area (Å²) in [5.41, 5.74) is -1.56. The molecule has 66 heavy (non-hydrogen) atoms. The number of alkyl carbamates (subject to hydrolysis) is 1. The predicted molar refractivity (Wildman–Crippen MR) is 250 cm³/mol. The summed E-state index contributed by atoms with van der Waals surface area (Å²) in [6.07, 6.45) is -0.877. The average molecular weight is 908 g/mol. The Bertz CT molecular complexity index is 2520. The Morgan fingerprint density at radius 1 is 0.591 bits per heavy atom. The number of rotatable bonds is 8. The first-order chi connectivity index (χ1) is 31.5. The lowest BCUT2D eigenvalue weighted by Crippen LogP contribution is -2.65. The Hall–Kier alpha value is -6.58. The zero-order valence-electron chi connectivity index (χ0n) is 39.0. The highest BCUT2D eigenvalue weighted by Gasteiger charge is 2.42. The second kappa shape index (κ2) is 21.6. The minimum atomic E-state index is -1.66. The van der Waals surface area contributed by atoms with E-state index in [1.54, 1.807) is 39.0 Å². The Morgan fingerprint density at radius 3 is 1.59 bits per heavy atom. The summed E-state index contributed by atoms with van der Waals surface area (Å²) >= 11 is 0. The number of ether oxygens (including phenoxy) is 8. The fourth-order valence-electron chi connectivity index (χ4n) is 7.40. The fraction of sp³-hybridized carbons (Fsp3) is 0.412. The summed E-state index contributed by atoms with van der Waals surface area (Å²) in [7, 11) is 1.21. The molecule has 0 saturated heterocycles. The molecule has 5 aromatic carbocycles. The van der Waals surface area contributed by atoms with Crippen LogP contribution in [-0.4, -0.2) is 107 Å². The number of amides is 3. The highest BCUT2D eigenvalue weighted by Crippen LogP contribution is 2.45. The summed E-state index contributed by atoms with van der Waals surface area (Å²) in [4.78, 5) is 52.9. The first-order valence-electron chi connectivity index (χ1n) is 22.0. The Balaban J connectivity index is 1.22. The molecule has 1 aliphatic heterocycles. The molecule has 0 unspecified atom stereocenters. The van der Waals surface area contributed by atoms with Gasteiger partial charge in [0.25, 0.3) is 0 Å². The highest BCUT2D eigenvalue weighted by atomic mass is 16.6. The van der Waals surface area contributed by atoms with Crippen molar-refractivity contribution >= 4 is 45.4 Å². The molecule has 5 aromatic rings. The molecule has 6 rings (SSSR count). The molecule has 0 bridgehead atoms. The quantitative estimate of drug-likeness (QED) is 0.132. The van der Waals surface area contributed by atoms with Gasteiger partial charge in [-0.1, -0.05) is 66.7 Å². The normalized spacial score (nSPS) is 15.5. The van der Waals surface area contributed by atoms with Gasteiger partial charge in [-0.2, -0.15) is 0 Å². The van der Waals surface area contributed by atoms with Crippen molar-refractivity contribution in [3.05, 3.63) is 96.6 Å². The van der Waals surface area contributed by atoms with Crippen molar-refractivity contribution in [1.82, 2.24) is 16.0 Å². The lowest BCUT2D eigenvalue weighted by molar-refractivity contribution is -0.145. The summed E-state index contributed by atoms with van der Waals surface area (Å²) < 4.78 is 47.5. The fourth-order valence-corrected chi connectivity index (χ4v) is 7.40. The number of esters is 1. The second-order valence-corrected chi connectivity index (χ2v) is 17.7. The molecule has 0 fully saturated rings. The molecule has 352 valence electrons. The van der Waals surface area contributed by atoms with Gasteiger partial charge < -0.3 is 53.8 Å². The van der Waals surface area contributed by atoms with Gasteiger partial charge in [0.1, 0.15) is 60.6 Å². The van der Waals surface area contributed by atoms with E-state index in [9.17, 15) is 19.2 Å². The number of hydrogen-bond acceptors (Lipinski definition) is 12. The van der Waals surface area contributed by atoms with Crippen LogP contribution in [0.2, 0.25) is 0 Å². The van der Waals surface area contributed by atoms with Gasteiger partial charge in [-0.3, -0.25) is 9.59 Å². The third-order valence-corrected chi connectivity index (χ3v) is 10.7. The summed E-state index contributed by atoms with van der Waals surface area (Å²) in [5.74, 6) is 0.144. The van der Waals surface area contributed by atoms with Crippen LogP contribution >= 0.6 is 0 Å². The van der Waals surface area contributed by atoms with Crippen LogP contribution in [0.15, 0.2) is 91.0 Å². The number of carbonyl (C=O) groups is 4. The zero-order chi connectivity index (χ0) is 47.5. The maximum absolute atomic E-state index is 14.0. The van der Waals surface area contributed by atoms with E-state index >= 15 is 0 Å². The van der Waals surface area contributed by atoms with E-state index in [1.165, 1.54) is 34.8 Å². The Labute approximate surface area is 385 Å². The second-order valence-electron chi connectivity index (χ2n) is 17.7. The SMILES string of the molecule is COC(=O)[C@H](C)NC(=O)[C@](C)(Cc1ccc2c(c1)OCCOCCOc1ccc3ccccc3c1-c1c(ccc3ccccc13)OCCOCCO2)NC(=O)C(C)(C)NC(=O)OC(C)(C)C. The van der Waals surface area contributed by atoms with Crippen molar-refractivity contribution in [1.29, 1.82) is 0 Å². The number of nitrogens with one attached hydrogen (secondary N) is 3. The van der Waals surface area contributed by atoms with E-state index in [-0.39, 0.29) is 52.7 Å². The Kier molecular flexibility index (Phi) is 16.0. The van der Waals surface area contributed by atoms with Crippen molar-refractivity contribution in [2.24, 2.45) is 0 Å². The maximum atomic E-state index is 14.0. The van der Waals surface area contributed by atoms with Gasteiger partial charge in [-0.15, -0.1) is 0 Å². The molecule has 0 spiro atoms. The molecule has 0 aromatic heterocycles. The molecule has 1 heterocycles. The summed E-state index contributed by atoms with van der Waals surface area (Å²) in [6.45, 7) is 13.0. The molecular weight excluding hydrogens is 847 g/mol. The maximum Gasteiger partial charge on any atom is 0.408 e. The zero-order valence-corrected chi connectivity index (χ0v) is 39.0. The molecule has 15 nitrogen and oxygen atoms in total. The van der Waals surface area contributed by atoms with Crippen LogP contribution in [0.5, 0.6) is 23.0 Å². The van der Waals surface area contributed by atoms with Crippen LogP contribution in [0.1, 0.15) is 54.0 Å². The minimum absolute atomic E-state index is 0.0652. The standard InChI is InChI=1S/C51H61N3O12/c1-33(45(55)59-8)52-47(57)51(7,53-46(56)50(5,6)54-48(58)66-49(2,3)4)32-34-17-20-39-42(31-34)65-30-26-61-25-29-64-41-22-19-36-14-10-12-16-38(36)44(41)43-37-15-11-9-13-35(37)18-21-40(43)63-28-24-60-23-27-62-39/h9-22,31,33H,23-30,32H2,1-8H3,(H,52,57)(H,53,56)(H,54,58)/t33-,51-/m0/s1. The van der Waals surface area contributed by atoms with Crippen molar-refractivity contribution in [3.63, 3.8) is 0 Å². The van der Waals surface area contributed by atoms with Gasteiger partial charge in [0, 0.05) is 17.5 Å². The number of hydrogen-bond donors (Lipinski definition) is 3. The van der Waals surface area contributed by atoms with Crippen molar-refractivity contribution in [3.8, 4) is 34.1 Å². The van der Waals surface area contributed by atoms with E-state index in [1.807, 2.05) is 42.5 Å². The van der Waals surface area contributed by atoms with Crippen LogP contribution in [-0.2, 0) is 39.8 Å². The molecule has 0 aliphatic carbocycles. The van der Waals surface area contributed by atoms with Crippen LogP contribution in [0.4, 0.5) is 4.79 Å². The highest BCUT2D eigenvalue weighted by molar-refractivity contribution is 6.09. The van der Waals surface area contributed by atoms with Gasteiger partial charge in [-0.25, -0.2) is 9.59 Å². The van der Waals surface area contributed by atoms with E-state index in [2.05, 4.69) is 46.3 Å². The van der Waals surface area contributed by atoms with E-state index < -0.39 is 46.6 Å². The van der Waals surface area contributed by atoms with E-state index in [4.69, 9.17) is 37.9 Å². The average Bonchev–Trinajstić information content (AvgIpc) is 3.27. The predicted octanol–water partition coefficient (Wildman–Crippen LogP) is 7.32. The van der Waals surface area contributed by atoms with Gasteiger partial charge >= 0.3 is 12.1 Å². The van der Waals surface area contributed by atoms with Gasteiger partial charge in [0.2, 0.25) is 11.8 Å². The lowest BCUT2D eigenvalue weighted by Gasteiger charge is -2.35. The molecule has 1 aliphatic rings. The summed E-state index contributed by atoms with van der Waals surface area (Å²) in [5, 5.41) is 12.2. The largest absolute Gasteiger partial charge is 0.491 e. The third kappa shape index (κ3) is 12.6. The van der Waals surface area contributed by atoms with Gasteiger partial charge in [0.05, 0.1) is 33.5 Å². The molecule has 3 N–H and O–H groups in total. The van der Waals surface area contributed by atoms with Crippen LogP contribution in [0.25, 0.3) is 32.7 Å². The molecule has 3 amide bonds.